The Morgan fingerprint density at radius 1 is 0.923 bits per heavy atom. The average Bonchev–Trinajstić information content (AvgIpc) is 1.81. The van der Waals surface area contributed by atoms with Gasteiger partial charge in [0.25, 0.3) is 5.12 Å². The molecule has 0 saturated carbocycles. The maximum Gasteiger partial charge on any atom is 0.252 e. The predicted octanol–water partition coefficient (Wildman–Crippen LogP) is 1.77. The van der Waals surface area contributed by atoms with E-state index < -0.39 is 25.1 Å². The number of sulfone groups is 1. The third-order valence-corrected chi connectivity index (χ3v) is 4.38. The Balaban J connectivity index is 5.25. The summed E-state index contributed by atoms with van der Waals surface area (Å²) in [5.41, 5.74) is -0.827. The van der Waals surface area contributed by atoms with Crippen molar-refractivity contribution in [2.75, 3.05) is 0 Å². The number of rotatable bonds is 0. The number of hydrogen-bond acceptors (Lipinski definition) is 3. The van der Waals surface area contributed by atoms with Gasteiger partial charge in [0.05, 0.1) is 4.75 Å². The molecule has 0 atom stereocenters. The molecule has 78 valence electrons. The van der Waals surface area contributed by atoms with E-state index in [1.54, 1.807) is 20.8 Å². The summed E-state index contributed by atoms with van der Waals surface area (Å²) in [6.45, 7) is 9.43. The minimum atomic E-state index is -3.67. The molecule has 0 fully saturated rings. The minimum Gasteiger partial charge on any atom is -0.281 e. The van der Waals surface area contributed by atoms with Gasteiger partial charge in [-0.1, -0.05) is 20.8 Å². The van der Waals surface area contributed by atoms with Gasteiger partial charge in [0.15, 0.2) is 0 Å². The lowest BCUT2D eigenvalue weighted by Crippen LogP contribution is -2.40. The summed E-state index contributed by atoms with van der Waals surface area (Å²) in [5.74, 6) is 0. The number of hydrogen-bond donors (Lipinski definition) is 0. The summed E-state index contributed by atoms with van der Waals surface area (Å²) >= 11 is 0. The highest BCUT2D eigenvalue weighted by Crippen LogP contribution is 2.26. The Morgan fingerprint density at radius 3 is 1.31 bits per heavy atom. The van der Waals surface area contributed by atoms with Crippen LogP contribution in [0.15, 0.2) is 0 Å². The van der Waals surface area contributed by atoms with Crippen LogP contribution in [0.3, 0.4) is 0 Å². The lowest BCUT2D eigenvalue weighted by atomic mass is 9.99. The Hall–Kier alpha value is -0.380. The highest BCUT2D eigenvalue weighted by molar-refractivity contribution is 8.07. The zero-order valence-corrected chi connectivity index (χ0v) is 9.95. The standard InChI is InChI=1S/C9H18O3S/c1-8(2,3)7(10)13(11,12)9(4,5)6/h1-6H3. The lowest BCUT2D eigenvalue weighted by molar-refractivity contribution is -0.118. The second-order valence-electron chi connectivity index (χ2n) is 5.15. The van der Waals surface area contributed by atoms with E-state index in [0.717, 1.165) is 0 Å². The molecule has 0 aromatic carbocycles. The van der Waals surface area contributed by atoms with Crippen molar-refractivity contribution < 1.29 is 13.2 Å². The van der Waals surface area contributed by atoms with Crippen molar-refractivity contribution in [3.05, 3.63) is 0 Å². The molecule has 0 saturated heterocycles. The molecular formula is C9H18O3S. The number of carbonyl (C=O) groups is 1. The van der Waals surface area contributed by atoms with E-state index in [1.165, 1.54) is 20.8 Å². The van der Waals surface area contributed by atoms with E-state index in [0.29, 0.717) is 0 Å². The first-order valence-corrected chi connectivity index (χ1v) is 5.68. The van der Waals surface area contributed by atoms with Gasteiger partial charge in [-0.15, -0.1) is 0 Å². The van der Waals surface area contributed by atoms with Crippen LogP contribution in [0.1, 0.15) is 41.5 Å². The molecule has 3 nitrogen and oxygen atoms in total. The summed E-state index contributed by atoms with van der Waals surface area (Å²) in [4.78, 5) is 11.5. The van der Waals surface area contributed by atoms with Crippen LogP contribution in [-0.4, -0.2) is 18.3 Å². The molecule has 0 rings (SSSR count). The van der Waals surface area contributed by atoms with Gasteiger partial charge in [-0.05, 0) is 20.8 Å². The largest absolute Gasteiger partial charge is 0.281 e. The van der Waals surface area contributed by atoms with Gasteiger partial charge >= 0.3 is 0 Å². The molecule has 0 spiro atoms. The van der Waals surface area contributed by atoms with Gasteiger partial charge in [0.1, 0.15) is 0 Å². The molecule has 0 N–H and O–H groups in total. The zero-order chi connectivity index (χ0) is 11.1. The first-order chi connectivity index (χ1) is 5.40. The Morgan fingerprint density at radius 2 is 1.23 bits per heavy atom. The van der Waals surface area contributed by atoms with Crippen LogP contribution >= 0.6 is 0 Å². The molecular weight excluding hydrogens is 188 g/mol. The molecule has 13 heavy (non-hydrogen) atoms. The second-order valence-corrected chi connectivity index (χ2v) is 7.76. The molecule has 0 unspecified atom stereocenters. The monoisotopic (exact) mass is 206 g/mol. The first-order valence-electron chi connectivity index (χ1n) is 4.20. The average molecular weight is 206 g/mol. The molecule has 0 heterocycles. The second kappa shape index (κ2) is 3.08. The molecule has 0 aromatic rings. The Labute approximate surface area is 80.4 Å². The van der Waals surface area contributed by atoms with Crippen LogP contribution < -0.4 is 0 Å². The van der Waals surface area contributed by atoms with Crippen LogP contribution in [0.5, 0.6) is 0 Å². The smallest absolute Gasteiger partial charge is 0.252 e. The molecule has 0 aromatic heterocycles. The Kier molecular flexibility index (Phi) is 2.99. The van der Waals surface area contributed by atoms with Crippen LogP contribution in [0, 0.1) is 5.41 Å². The topological polar surface area (TPSA) is 51.2 Å². The molecule has 0 amide bonds. The molecule has 4 heteroatoms. The highest BCUT2D eigenvalue weighted by Gasteiger charge is 2.41. The van der Waals surface area contributed by atoms with Crippen molar-refractivity contribution in [3.63, 3.8) is 0 Å². The van der Waals surface area contributed by atoms with E-state index >= 15 is 0 Å². The van der Waals surface area contributed by atoms with E-state index in [1.807, 2.05) is 0 Å². The minimum absolute atomic E-state index is 0.688. The molecule has 0 bridgehead atoms. The van der Waals surface area contributed by atoms with Gasteiger partial charge < -0.3 is 0 Å². The SMILES string of the molecule is CC(C)(C)C(=O)S(=O)(=O)C(C)(C)C. The van der Waals surface area contributed by atoms with Crippen LogP contribution in [0.25, 0.3) is 0 Å². The fourth-order valence-electron chi connectivity index (χ4n) is 0.681. The van der Waals surface area contributed by atoms with Crippen molar-refractivity contribution in [2.24, 2.45) is 5.41 Å². The van der Waals surface area contributed by atoms with E-state index in [2.05, 4.69) is 0 Å². The van der Waals surface area contributed by atoms with Crippen LogP contribution in [0.4, 0.5) is 0 Å². The van der Waals surface area contributed by atoms with E-state index in [-0.39, 0.29) is 0 Å². The predicted molar refractivity (Wildman–Crippen MR) is 53.1 cm³/mol. The van der Waals surface area contributed by atoms with Gasteiger partial charge in [-0.2, -0.15) is 0 Å². The fraction of sp³-hybridized carbons (Fsp3) is 0.889. The normalized spacial score (nSPS) is 14.3. The van der Waals surface area contributed by atoms with Gasteiger partial charge in [0, 0.05) is 5.41 Å². The highest BCUT2D eigenvalue weighted by atomic mass is 32.2. The van der Waals surface area contributed by atoms with Crippen molar-refractivity contribution >= 4 is 15.0 Å². The van der Waals surface area contributed by atoms with Crippen molar-refractivity contribution in [2.45, 2.75) is 46.3 Å². The van der Waals surface area contributed by atoms with Gasteiger partial charge in [-0.3, -0.25) is 4.79 Å². The fourth-order valence-corrected chi connectivity index (χ4v) is 2.04. The summed E-state index contributed by atoms with van der Waals surface area (Å²) in [6, 6.07) is 0. The van der Waals surface area contributed by atoms with Gasteiger partial charge in [0.2, 0.25) is 9.84 Å². The van der Waals surface area contributed by atoms with Gasteiger partial charge in [-0.25, -0.2) is 8.42 Å². The summed E-state index contributed by atoms with van der Waals surface area (Å²) < 4.78 is 22.3. The molecule has 0 aliphatic rings. The first kappa shape index (κ1) is 12.6. The van der Waals surface area contributed by atoms with Crippen molar-refractivity contribution in [3.8, 4) is 0 Å². The molecule has 0 aliphatic carbocycles. The summed E-state index contributed by atoms with van der Waals surface area (Å²) in [7, 11) is -3.67. The third-order valence-electron chi connectivity index (χ3n) is 1.66. The summed E-state index contributed by atoms with van der Waals surface area (Å²) in [5, 5.41) is -0.688. The Bertz CT molecular complexity index is 299. The maximum atomic E-state index is 11.6. The number of carbonyl (C=O) groups excluding carboxylic acids is 1. The lowest BCUT2D eigenvalue weighted by Gasteiger charge is -2.24. The third kappa shape index (κ3) is 2.53. The summed E-state index contributed by atoms with van der Waals surface area (Å²) in [6.07, 6.45) is 0. The van der Waals surface area contributed by atoms with Crippen molar-refractivity contribution in [1.29, 1.82) is 0 Å². The van der Waals surface area contributed by atoms with Crippen LogP contribution in [-0.2, 0) is 14.6 Å². The maximum absolute atomic E-state index is 11.6. The zero-order valence-electron chi connectivity index (χ0n) is 9.13. The quantitative estimate of drug-likeness (QED) is 0.607. The van der Waals surface area contributed by atoms with E-state index in [4.69, 9.17) is 0 Å². The van der Waals surface area contributed by atoms with Crippen LogP contribution in [0.2, 0.25) is 0 Å². The molecule has 0 radical (unpaired) electrons. The van der Waals surface area contributed by atoms with Crippen molar-refractivity contribution in [1.82, 2.24) is 0 Å². The van der Waals surface area contributed by atoms with E-state index in [9.17, 15) is 13.2 Å². The molecule has 0 aliphatic heterocycles.